The number of cyclic esters (lactones) is 1. The van der Waals surface area contributed by atoms with E-state index >= 15 is 0 Å². The van der Waals surface area contributed by atoms with Crippen LogP contribution in [0.2, 0.25) is 0 Å². The standard InChI is InChI=1S/C11H8O5S/c1-15-8(12)5-6-10(13)9(11(14)16-6)7-3-2-4-17-7/h2-5,13H,1H3/b6-5-. The molecule has 1 aromatic rings. The molecule has 6 heteroatoms. The SMILES string of the molecule is COC(=O)/C=C1\OC(=O)C(c2cccs2)=C1O. The first kappa shape index (κ1) is 11.4. The van der Waals surface area contributed by atoms with Crippen LogP contribution in [0.1, 0.15) is 4.88 Å². The number of esters is 2. The molecule has 0 bridgehead atoms. The lowest BCUT2D eigenvalue weighted by Crippen LogP contribution is -2.00. The first-order valence-corrected chi connectivity index (χ1v) is 5.50. The molecule has 1 aromatic heterocycles. The second kappa shape index (κ2) is 4.42. The molecule has 17 heavy (non-hydrogen) atoms. The molecule has 2 heterocycles. The summed E-state index contributed by atoms with van der Waals surface area (Å²) in [5.74, 6) is -1.92. The number of rotatable bonds is 2. The summed E-state index contributed by atoms with van der Waals surface area (Å²) >= 11 is 1.29. The van der Waals surface area contributed by atoms with E-state index in [1.807, 2.05) is 0 Å². The molecule has 0 amide bonds. The highest BCUT2D eigenvalue weighted by atomic mass is 32.1. The van der Waals surface area contributed by atoms with Gasteiger partial charge in [0.05, 0.1) is 13.2 Å². The highest BCUT2D eigenvalue weighted by Gasteiger charge is 2.32. The Balaban J connectivity index is 2.42. The molecule has 2 rings (SSSR count). The Hall–Kier alpha value is -2.08. The van der Waals surface area contributed by atoms with Crippen molar-refractivity contribution in [3.05, 3.63) is 40.0 Å². The highest BCUT2D eigenvalue weighted by molar-refractivity contribution is 7.11. The van der Waals surface area contributed by atoms with Gasteiger partial charge in [-0.15, -0.1) is 11.3 Å². The van der Waals surface area contributed by atoms with Crippen molar-refractivity contribution in [1.29, 1.82) is 0 Å². The largest absolute Gasteiger partial charge is 0.504 e. The summed E-state index contributed by atoms with van der Waals surface area (Å²) in [4.78, 5) is 23.1. The van der Waals surface area contributed by atoms with Crippen molar-refractivity contribution in [2.75, 3.05) is 7.11 Å². The van der Waals surface area contributed by atoms with E-state index in [2.05, 4.69) is 4.74 Å². The molecule has 0 unspecified atom stereocenters. The minimum atomic E-state index is -0.702. The lowest BCUT2D eigenvalue weighted by atomic mass is 10.2. The minimum absolute atomic E-state index is 0.0650. The Kier molecular flexibility index (Phi) is 2.97. The lowest BCUT2D eigenvalue weighted by Gasteiger charge is -1.96. The summed E-state index contributed by atoms with van der Waals surface area (Å²) < 4.78 is 9.17. The van der Waals surface area contributed by atoms with Crippen LogP contribution in [0.25, 0.3) is 5.57 Å². The van der Waals surface area contributed by atoms with E-state index < -0.39 is 11.9 Å². The second-order valence-corrected chi connectivity index (χ2v) is 4.07. The normalized spacial score (nSPS) is 17.5. The van der Waals surface area contributed by atoms with Crippen molar-refractivity contribution in [3.8, 4) is 0 Å². The number of aliphatic hydroxyl groups excluding tert-OH is 1. The first-order chi connectivity index (χ1) is 8.13. The number of aliphatic hydroxyl groups is 1. The van der Waals surface area contributed by atoms with Gasteiger partial charge in [-0.2, -0.15) is 0 Å². The van der Waals surface area contributed by atoms with E-state index in [9.17, 15) is 14.7 Å². The van der Waals surface area contributed by atoms with Crippen LogP contribution in [0.3, 0.4) is 0 Å². The van der Waals surface area contributed by atoms with Crippen molar-refractivity contribution in [3.63, 3.8) is 0 Å². The smallest absolute Gasteiger partial charge is 0.349 e. The van der Waals surface area contributed by atoms with Crippen LogP contribution in [0, 0.1) is 0 Å². The molecule has 88 valence electrons. The topological polar surface area (TPSA) is 72.8 Å². The van der Waals surface area contributed by atoms with Crippen molar-refractivity contribution in [2.24, 2.45) is 0 Å². The van der Waals surface area contributed by atoms with Crippen LogP contribution in [0.4, 0.5) is 0 Å². The fourth-order valence-corrected chi connectivity index (χ4v) is 2.08. The zero-order valence-corrected chi connectivity index (χ0v) is 9.61. The van der Waals surface area contributed by atoms with Crippen LogP contribution in [-0.4, -0.2) is 24.2 Å². The van der Waals surface area contributed by atoms with Gasteiger partial charge in [0.25, 0.3) is 0 Å². The summed E-state index contributed by atoms with van der Waals surface area (Å²) in [7, 11) is 1.19. The maximum Gasteiger partial charge on any atom is 0.349 e. The predicted molar refractivity (Wildman–Crippen MR) is 60.1 cm³/mol. The number of carbonyl (C=O) groups is 2. The quantitative estimate of drug-likeness (QED) is 0.639. The fourth-order valence-electron chi connectivity index (χ4n) is 1.32. The van der Waals surface area contributed by atoms with Crippen molar-refractivity contribution < 1.29 is 24.2 Å². The third-order valence-corrected chi connectivity index (χ3v) is 2.98. The first-order valence-electron chi connectivity index (χ1n) is 4.62. The summed E-state index contributed by atoms with van der Waals surface area (Å²) in [6, 6.07) is 3.42. The number of hydrogen-bond donors (Lipinski definition) is 1. The predicted octanol–water partition coefficient (Wildman–Crippen LogP) is 1.63. The van der Waals surface area contributed by atoms with Gasteiger partial charge in [-0.05, 0) is 11.4 Å². The molecular formula is C11H8O5S. The van der Waals surface area contributed by atoms with Crippen LogP contribution < -0.4 is 0 Å². The third kappa shape index (κ3) is 2.07. The highest BCUT2D eigenvalue weighted by Crippen LogP contribution is 2.33. The van der Waals surface area contributed by atoms with Crippen molar-refractivity contribution in [2.45, 2.75) is 0 Å². The van der Waals surface area contributed by atoms with Crippen LogP contribution in [-0.2, 0) is 19.1 Å². The molecule has 1 N–H and O–H groups in total. The molecule has 5 nitrogen and oxygen atoms in total. The van der Waals surface area contributed by atoms with E-state index in [0.717, 1.165) is 6.08 Å². The molecule has 1 aliphatic heterocycles. The monoisotopic (exact) mass is 252 g/mol. The maximum absolute atomic E-state index is 11.5. The van der Waals surface area contributed by atoms with E-state index in [-0.39, 0.29) is 17.1 Å². The van der Waals surface area contributed by atoms with E-state index in [4.69, 9.17) is 4.74 Å². The Bertz CT molecular complexity index is 524. The summed E-state index contributed by atoms with van der Waals surface area (Å²) in [6.07, 6.45) is 0.924. The zero-order valence-electron chi connectivity index (χ0n) is 8.80. The molecular weight excluding hydrogens is 244 g/mol. The van der Waals surface area contributed by atoms with Gasteiger partial charge in [0.1, 0.15) is 5.57 Å². The molecule has 0 radical (unpaired) electrons. The number of ether oxygens (including phenoxy) is 2. The molecule has 0 spiro atoms. The van der Waals surface area contributed by atoms with Gasteiger partial charge < -0.3 is 14.6 Å². The molecule has 1 aliphatic rings. The van der Waals surface area contributed by atoms with Gasteiger partial charge in [0.2, 0.25) is 0 Å². The summed E-state index contributed by atoms with van der Waals surface area (Å²) in [5, 5.41) is 11.6. The Labute approximate surface area is 101 Å². The Morgan fingerprint density at radius 1 is 1.59 bits per heavy atom. The third-order valence-electron chi connectivity index (χ3n) is 2.09. The molecule has 0 atom stereocenters. The van der Waals surface area contributed by atoms with Crippen LogP contribution in [0.5, 0.6) is 0 Å². The van der Waals surface area contributed by atoms with Crippen molar-refractivity contribution in [1.82, 2.24) is 0 Å². The average Bonchev–Trinajstić information content (AvgIpc) is 2.88. The lowest BCUT2D eigenvalue weighted by molar-refractivity contribution is -0.135. The second-order valence-electron chi connectivity index (χ2n) is 3.12. The zero-order chi connectivity index (χ0) is 12.4. The van der Waals surface area contributed by atoms with Crippen LogP contribution >= 0.6 is 11.3 Å². The average molecular weight is 252 g/mol. The molecule has 0 aliphatic carbocycles. The minimum Gasteiger partial charge on any atom is -0.504 e. The van der Waals surface area contributed by atoms with E-state index in [0.29, 0.717) is 4.88 Å². The number of methoxy groups -OCH3 is 1. The maximum atomic E-state index is 11.5. The van der Waals surface area contributed by atoms with Gasteiger partial charge >= 0.3 is 11.9 Å². The Morgan fingerprint density at radius 3 is 2.94 bits per heavy atom. The molecule has 0 saturated carbocycles. The molecule has 0 saturated heterocycles. The van der Waals surface area contributed by atoms with Gasteiger partial charge in [0.15, 0.2) is 11.5 Å². The van der Waals surface area contributed by atoms with Crippen LogP contribution in [0.15, 0.2) is 35.1 Å². The molecule has 0 aromatic carbocycles. The number of carbonyl (C=O) groups excluding carboxylic acids is 2. The Morgan fingerprint density at radius 2 is 2.35 bits per heavy atom. The molecule has 0 fully saturated rings. The van der Waals surface area contributed by atoms with Gasteiger partial charge in [-0.1, -0.05) is 6.07 Å². The summed E-state index contributed by atoms with van der Waals surface area (Å²) in [6.45, 7) is 0. The van der Waals surface area contributed by atoms with E-state index in [1.165, 1.54) is 18.4 Å². The van der Waals surface area contributed by atoms with Gasteiger partial charge in [-0.25, -0.2) is 9.59 Å². The van der Waals surface area contributed by atoms with Gasteiger partial charge in [-0.3, -0.25) is 0 Å². The van der Waals surface area contributed by atoms with Gasteiger partial charge in [0, 0.05) is 4.88 Å². The fraction of sp³-hybridized carbons (Fsp3) is 0.0909. The number of hydrogen-bond acceptors (Lipinski definition) is 6. The van der Waals surface area contributed by atoms with Crippen molar-refractivity contribution >= 4 is 28.8 Å². The number of thiophene rings is 1. The summed E-state index contributed by atoms with van der Waals surface area (Å²) in [5.41, 5.74) is 0.0650. The van der Waals surface area contributed by atoms with E-state index in [1.54, 1.807) is 17.5 Å².